The molecule has 1 saturated carbocycles. The van der Waals surface area contributed by atoms with Gasteiger partial charge in [0, 0.05) is 78.8 Å². The number of aryl methyl sites for hydroxylation is 1. The topological polar surface area (TPSA) is 112 Å². The summed E-state index contributed by atoms with van der Waals surface area (Å²) in [5, 5.41) is 8.90. The van der Waals surface area contributed by atoms with Crippen LogP contribution < -0.4 is 0 Å². The lowest BCUT2D eigenvalue weighted by Crippen LogP contribution is -2.51. The van der Waals surface area contributed by atoms with Crippen LogP contribution in [0.15, 0.2) is 42.5 Å². The van der Waals surface area contributed by atoms with Crippen LogP contribution in [0.5, 0.6) is 0 Å². The number of pyridine rings is 1. The number of morpholine rings is 1. The van der Waals surface area contributed by atoms with Gasteiger partial charge in [-0.25, -0.2) is 31.0 Å². The molecule has 2 aromatic carbocycles. The Kier molecular flexibility index (Phi) is 11.4. The van der Waals surface area contributed by atoms with Crippen LogP contribution in [-0.4, -0.2) is 81.2 Å². The Morgan fingerprint density at radius 1 is 1.05 bits per heavy atom. The molecule has 5 aromatic rings. The van der Waals surface area contributed by atoms with Crippen molar-refractivity contribution in [1.29, 1.82) is 0 Å². The van der Waals surface area contributed by atoms with E-state index in [4.69, 9.17) is 21.3 Å². The Balaban J connectivity index is 1.27. The maximum atomic E-state index is 15.5. The van der Waals surface area contributed by atoms with E-state index in [1.165, 1.54) is 4.68 Å². The number of sulfone groups is 1. The first kappa shape index (κ1) is 43.9. The second kappa shape index (κ2) is 16.1. The van der Waals surface area contributed by atoms with Crippen molar-refractivity contribution in [1.82, 2.24) is 29.4 Å². The van der Waals surface area contributed by atoms with Crippen molar-refractivity contribution in [3.63, 3.8) is 0 Å². The number of carbonyl (C=O) groups is 1. The number of alkyl halides is 4. The van der Waals surface area contributed by atoms with Crippen molar-refractivity contribution < 1.29 is 44.3 Å². The largest absolute Gasteiger partial charge is 0.360 e. The van der Waals surface area contributed by atoms with E-state index >= 15 is 8.78 Å². The standard InChI is InChI=1S/C44H43ClF6N6O4S/c1-23(2)56-12-13-61-43(3,22-56)11-10-28-6-7-30(31-8-9-34(45)37-35(21-62(5,59)60)53-55(4)40(31)37)38(52-28)25(14-24-15-26(46)18-27(47)16-24)17-29(58)20-57-41-36(39(54-57)42(48)49)32-19-33(32)44(41,50)51/h6-9,15-16,18,23,25,32-33,42H,12-14,17,19-22H2,1-5H3/t25-,32+,33-,43-/m1/s1. The van der Waals surface area contributed by atoms with Crippen molar-refractivity contribution in [3.8, 4) is 23.0 Å². The summed E-state index contributed by atoms with van der Waals surface area (Å²) in [6.07, 6.45) is -2.68. The molecule has 0 spiro atoms. The number of hydrogen-bond acceptors (Lipinski definition) is 8. The van der Waals surface area contributed by atoms with E-state index in [9.17, 15) is 30.8 Å². The molecule has 1 aliphatic heterocycles. The third kappa shape index (κ3) is 8.50. The molecule has 2 fully saturated rings. The van der Waals surface area contributed by atoms with Gasteiger partial charge in [-0.15, -0.1) is 0 Å². The van der Waals surface area contributed by atoms with E-state index in [2.05, 4.69) is 40.8 Å². The van der Waals surface area contributed by atoms with E-state index in [0.717, 1.165) is 24.9 Å². The molecule has 0 bridgehead atoms. The van der Waals surface area contributed by atoms with Gasteiger partial charge in [0.2, 0.25) is 0 Å². The molecule has 4 heterocycles. The van der Waals surface area contributed by atoms with Gasteiger partial charge < -0.3 is 4.74 Å². The van der Waals surface area contributed by atoms with Crippen molar-refractivity contribution in [3.05, 3.63) is 98.7 Å². The molecule has 0 unspecified atom stereocenters. The zero-order valence-electron chi connectivity index (χ0n) is 34.5. The van der Waals surface area contributed by atoms with Crippen LogP contribution in [0.3, 0.4) is 0 Å². The fourth-order valence-corrected chi connectivity index (χ4v) is 10.0. The number of halogens is 7. The molecule has 0 amide bonds. The molecule has 0 radical (unpaired) electrons. The predicted octanol–water partition coefficient (Wildman–Crippen LogP) is 8.29. The highest BCUT2D eigenvalue weighted by Crippen LogP contribution is 2.68. The fraction of sp³-hybridized carbons (Fsp3) is 0.455. The quantitative estimate of drug-likeness (QED) is 0.0909. The molecule has 18 heteroatoms. The van der Waals surface area contributed by atoms with Crippen LogP contribution >= 0.6 is 11.6 Å². The van der Waals surface area contributed by atoms with E-state index in [1.807, 2.05) is 6.92 Å². The second-order valence-corrected chi connectivity index (χ2v) is 19.6. The molecule has 3 aliphatic rings. The fourth-order valence-electron chi connectivity index (χ4n) is 9.08. The third-order valence-corrected chi connectivity index (χ3v) is 13.0. The Labute approximate surface area is 359 Å². The Hall–Kier alpha value is -4.76. The molecule has 2 aliphatic carbocycles. The normalized spacial score (nSPS) is 21.3. The highest BCUT2D eigenvalue weighted by molar-refractivity contribution is 7.89. The average Bonchev–Trinajstić information content (AvgIpc) is 3.72. The molecule has 10 nitrogen and oxygen atoms in total. The van der Waals surface area contributed by atoms with Crippen molar-refractivity contribution >= 4 is 38.1 Å². The zero-order chi connectivity index (χ0) is 44.6. The summed E-state index contributed by atoms with van der Waals surface area (Å²) in [4.78, 5) is 21.5. The number of benzene rings is 2. The van der Waals surface area contributed by atoms with Crippen LogP contribution in [0.4, 0.5) is 26.3 Å². The van der Waals surface area contributed by atoms with Gasteiger partial charge in [-0.1, -0.05) is 23.6 Å². The van der Waals surface area contributed by atoms with Gasteiger partial charge in [0.1, 0.15) is 40.9 Å². The molecule has 4 atom stereocenters. The smallest absolute Gasteiger partial charge is 0.293 e. The number of ketones is 1. The van der Waals surface area contributed by atoms with Gasteiger partial charge in [0.25, 0.3) is 12.3 Å². The van der Waals surface area contributed by atoms with Crippen LogP contribution in [0.1, 0.15) is 91.5 Å². The van der Waals surface area contributed by atoms with Crippen LogP contribution in [0.25, 0.3) is 22.0 Å². The molecular weight excluding hydrogens is 858 g/mol. The third-order valence-electron chi connectivity index (χ3n) is 11.9. The molecule has 0 N–H and O–H groups in total. The van der Waals surface area contributed by atoms with E-state index in [-0.39, 0.29) is 52.1 Å². The van der Waals surface area contributed by atoms with Gasteiger partial charge >= 0.3 is 0 Å². The minimum Gasteiger partial charge on any atom is -0.360 e. The molecule has 3 aromatic heterocycles. The predicted molar refractivity (Wildman–Crippen MR) is 220 cm³/mol. The number of Topliss-reactive ketones (excluding diaryl/α,β-unsaturated/α-hetero) is 1. The van der Waals surface area contributed by atoms with Crippen molar-refractivity contribution in [2.45, 2.75) is 88.2 Å². The minimum atomic E-state index is -3.57. The first-order chi connectivity index (χ1) is 29.1. The van der Waals surface area contributed by atoms with Gasteiger partial charge in [0.05, 0.1) is 34.3 Å². The Bertz CT molecular complexity index is 2780. The number of ether oxygens (including phenoxy) is 1. The molecule has 328 valence electrons. The van der Waals surface area contributed by atoms with Crippen LogP contribution in [0, 0.1) is 29.4 Å². The first-order valence-corrected chi connectivity index (χ1v) is 22.5. The van der Waals surface area contributed by atoms with Gasteiger partial charge in [-0.2, -0.15) is 19.0 Å². The minimum absolute atomic E-state index is 0.0466. The average molecular weight is 901 g/mol. The summed E-state index contributed by atoms with van der Waals surface area (Å²) >= 11 is 6.70. The summed E-state index contributed by atoms with van der Waals surface area (Å²) in [5.74, 6) is -2.95. The molecule has 62 heavy (non-hydrogen) atoms. The lowest BCUT2D eigenvalue weighted by Gasteiger charge is -2.39. The monoisotopic (exact) mass is 900 g/mol. The number of rotatable bonds is 12. The maximum Gasteiger partial charge on any atom is 0.293 e. The van der Waals surface area contributed by atoms with Crippen molar-refractivity contribution in [2.24, 2.45) is 13.0 Å². The van der Waals surface area contributed by atoms with E-state index < -0.39 is 93.1 Å². The van der Waals surface area contributed by atoms with E-state index in [1.54, 1.807) is 31.3 Å². The summed E-state index contributed by atoms with van der Waals surface area (Å²) < 4.78 is 122. The summed E-state index contributed by atoms with van der Waals surface area (Å²) in [7, 11) is -1.96. The molecule has 1 saturated heterocycles. The first-order valence-electron chi connectivity index (χ1n) is 20.1. The lowest BCUT2D eigenvalue weighted by molar-refractivity contribution is -0.120. The number of nitrogens with zero attached hydrogens (tertiary/aromatic N) is 6. The number of fused-ring (bicyclic) bond motifs is 4. The highest BCUT2D eigenvalue weighted by atomic mass is 35.5. The maximum absolute atomic E-state index is 15.5. The van der Waals surface area contributed by atoms with Gasteiger partial charge in [-0.05, 0) is 81.3 Å². The van der Waals surface area contributed by atoms with Gasteiger partial charge in [-0.3, -0.25) is 19.1 Å². The summed E-state index contributed by atoms with van der Waals surface area (Å²) in [6, 6.07) is 9.73. The molecular formula is C44H43ClF6N6O4S. The summed E-state index contributed by atoms with van der Waals surface area (Å²) in [6.45, 7) is 6.90. The van der Waals surface area contributed by atoms with Crippen molar-refractivity contribution in [2.75, 3.05) is 26.0 Å². The number of aromatic nitrogens is 5. The molecule has 8 rings (SSSR count). The second-order valence-electron chi connectivity index (χ2n) is 17.1. The summed E-state index contributed by atoms with van der Waals surface area (Å²) in [5.41, 5.74) is -0.478. The zero-order valence-corrected chi connectivity index (χ0v) is 36.0. The van der Waals surface area contributed by atoms with Crippen LogP contribution in [0.2, 0.25) is 5.02 Å². The van der Waals surface area contributed by atoms with E-state index in [0.29, 0.717) is 45.9 Å². The number of hydrogen-bond donors (Lipinski definition) is 0. The Morgan fingerprint density at radius 3 is 2.44 bits per heavy atom. The van der Waals surface area contributed by atoms with Gasteiger partial charge in [0.15, 0.2) is 15.6 Å². The number of carbonyl (C=O) groups excluding carboxylic acids is 1. The lowest BCUT2D eigenvalue weighted by atomic mass is 9.86. The van der Waals surface area contributed by atoms with Crippen LogP contribution in [-0.2, 0) is 51.1 Å². The highest BCUT2D eigenvalue weighted by Gasteiger charge is 2.67. The SMILES string of the molecule is CC(C)N1CCO[C@](C)(C#Cc2ccc(-c3ccc(Cl)c4c(CS(C)(=O)=O)nn(C)c34)c([C@@H](CC(=O)Cn3nc(C(F)F)c4c3C(F)(F)[C@@H]3C[C@H]43)Cc3cc(F)cc(F)c3)n2)C1. The Morgan fingerprint density at radius 2 is 1.76 bits per heavy atom.